The van der Waals surface area contributed by atoms with Crippen LogP contribution in [0.15, 0.2) is 48.8 Å². The minimum Gasteiger partial charge on any atom is -0.345 e. The lowest BCUT2D eigenvalue weighted by molar-refractivity contribution is -0.121. The van der Waals surface area contributed by atoms with Gasteiger partial charge in [0.05, 0.1) is 22.8 Å². The summed E-state index contributed by atoms with van der Waals surface area (Å²) in [7, 11) is 0. The van der Waals surface area contributed by atoms with Crippen molar-refractivity contribution in [2.24, 2.45) is 0 Å². The SMILES string of the molecule is O=C(Nc1ccc2nc[nH]c2c1)C1(c2ccccc2F)CCCC1. The number of nitrogens with zero attached hydrogens (tertiary/aromatic N) is 1. The summed E-state index contributed by atoms with van der Waals surface area (Å²) >= 11 is 0. The van der Waals surface area contributed by atoms with E-state index in [-0.39, 0.29) is 11.7 Å². The molecule has 1 fully saturated rings. The van der Waals surface area contributed by atoms with Crippen LogP contribution >= 0.6 is 0 Å². The van der Waals surface area contributed by atoms with Gasteiger partial charge in [0, 0.05) is 11.3 Å². The number of halogens is 1. The molecular formula is C19H18FN3O. The van der Waals surface area contributed by atoms with Gasteiger partial charge in [0.1, 0.15) is 5.82 Å². The van der Waals surface area contributed by atoms with Gasteiger partial charge in [0.15, 0.2) is 0 Å². The third-order valence-corrected chi connectivity index (χ3v) is 4.96. The lowest BCUT2D eigenvalue weighted by atomic mass is 9.77. The van der Waals surface area contributed by atoms with Crippen LogP contribution < -0.4 is 5.32 Å². The molecule has 0 atom stereocenters. The molecule has 3 aromatic rings. The average Bonchev–Trinajstić information content (AvgIpc) is 3.24. The molecule has 5 heteroatoms. The number of hydrogen-bond acceptors (Lipinski definition) is 2. The monoisotopic (exact) mass is 323 g/mol. The number of hydrogen-bond donors (Lipinski definition) is 2. The van der Waals surface area contributed by atoms with Gasteiger partial charge in [-0.05, 0) is 37.1 Å². The van der Waals surface area contributed by atoms with Gasteiger partial charge < -0.3 is 10.3 Å². The largest absolute Gasteiger partial charge is 0.345 e. The molecule has 4 nitrogen and oxygen atoms in total. The van der Waals surface area contributed by atoms with Crippen molar-refractivity contribution < 1.29 is 9.18 Å². The summed E-state index contributed by atoms with van der Waals surface area (Å²) < 4.78 is 14.4. The van der Waals surface area contributed by atoms with Crippen molar-refractivity contribution in [1.82, 2.24) is 9.97 Å². The van der Waals surface area contributed by atoms with E-state index in [1.807, 2.05) is 18.2 Å². The Hall–Kier alpha value is -2.69. The summed E-state index contributed by atoms with van der Waals surface area (Å²) in [4.78, 5) is 20.3. The highest BCUT2D eigenvalue weighted by atomic mass is 19.1. The molecule has 2 N–H and O–H groups in total. The molecular weight excluding hydrogens is 305 g/mol. The fourth-order valence-corrected chi connectivity index (χ4v) is 3.71. The molecule has 4 rings (SSSR count). The van der Waals surface area contributed by atoms with Crippen molar-refractivity contribution in [3.8, 4) is 0 Å². The second kappa shape index (κ2) is 5.74. The Kier molecular flexibility index (Phi) is 3.56. The summed E-state index contributed by atoms with van der Waals surface area (Å²) in [6, 6.07) is 12.1. The fraction of sp³-hybridized carbons (Fsp3) is 0.263. The van der Waals surface area contributed by atoms with Gasteiger partial charge in [-0.25, -0.2) is 9.37 Å². The Morgan fingerprint density at radius 2 is 1.96 bits per heavy atom. The number of benzene rings is 2. The van der Waals surface area contributed by atoms with Gasteiger partial charge in [0.25, 0.3) is 0 Å². The van der Waals surface area contributed by atoms with Crippen molar-refractivity contribution in [2.75, 3.05) is 5.32 Å². The highest BCUT2D eigenvalue weighted by molar-refractivity contribution is 6.00. The molecule has 0 bridgehead atoms. The van der Waals surface area contributed by atoms with Crippen LogP contribution in [0.3, 0.4) is 0 Å². The molecule has 2 aromatic carbocycles. The van der Waals surface area contributed by atoms with Crippen LogP contribution in [-0.4, -0.2) is 15.9 Å². The van der Waals surface area contributed by atoms with Gasteiger partial charge in [-0.15, -0.1) is 0 Å². The zero-order valence-electron chi connectivity index (χ0n) is 13.2. The Bertz CT molecular complexity index is 896. The topological polar surface area (TPSA) is 57.8 Å². The first-order valence-corrected chi connectivity index (χ1v) is 8.19. The van der Waals surface area contributed by atoms with E-state index in [1.54, 1.807) is 24.5 Å². The first-order valence-electron chi connectivity index (χ1n) is 8.19. The third-order valence-electron chi connectivity index (χ3n) is 4.96. The number of nitrogens with one attached hydrogen (secondary N) is 2. The molecule has 1 aliphatic rings. The van der Waals surface area contributed by atoms with Gasteiger partial charge >= 0.3 is 0 Å². The molecule has 1 aromatic heterocycles. The van der Waals surface area contributed by atoms with E-state index in [9.17, 15) is 9.18 Å². The van der Waals surface area contributed by atoms with Gasteiger partial charge in [-0.1, -0.05) is 31.0 Å². The van der Waals surface area contributed by atoms with E-state index < -0.39 is 5.41 Å². The normalized spacial score (nSPS) is 16.4. The van der Waals surface area contributed by atoms with E-state index in [2.05, 4.69) is 15.3 Å². The molecule has 0 unspecified atom stereocenters. The second-order valence-corrected chi connectivity index (χ2v) is 6.36. The lowest BCUT2D eigenvalue weighted by Gasteiger charge is -2.28. The summed E-state index contributed by atoms with van der Waals surface area (Å²) in [5.41, 5.74) is 2.12. The van der Waals surface area contributed by atoms with Gasteiger partial charge in [0.2, 0.25) is 5.91 Å². The number of anilines is 1. The number of amides is 1. The summed E-state index contributed by atoms with van der Waals surface area (Å²) in [5, 5.41) is 2.98. The molecule has 0 aliphatic heterocycles. The Balaban J connectivity index is 1.68. The first kappa shape index (κ1) is 14.9. The van der Waals surface area contributed by atoms with Gasteiger partial charge in [-0.2, -0.15) is 0 Å². The maximum atomic E-state index is 14.4. The number of H-pyrrole nitrogens is 1. The average molecular weight is 323 g/mol. The third kappa shape index (κ3) is 2.37. The quantitative estimate of drug-likeness (QED) is 0.760. The van der Waals surface area contributed by atoms with Crippen molar-refractivity contribution in [2.45, 2.75) is 31.1 Å². The van der Waals surface area contributed by atoms with Crippen LogP contribution in [0.25, 0.3) is 11.0 Å². The standard InChI is InChI=1S/C19H18FN3O/c20-15-6-2-1-5-14(15)19(9-3-4-10-19)18(24)23-13-7-8-16-17(11-13)22-12-21-16/h1-2,5-8,11-12H,3-4,9-10H2,(H,21,22)(H,23,24). The molecule has 0 spiro atoms. The van der Waals surface area contributed by atoms with Crippen LogP contribution in [0.1, 0.15) is 31.2 Å². The van der Waals surface area contributed by atoms with E-state index in [0.717, 1.165) is 23.9 Å². The number of rotatable bonds is 3. The fourth-order valence-electron chi connectivity index (χ4n) is 3.71. The molecule has 122 valence electrons. The maximum absolute atomic E-state index is 14.4. The van der Waals surface area contributed by atoms with Crippen molar-refractivity contribution in [3.63, 3.8) is 0 Å². The van der Waals surface area contributed by atoms with E-state index in [0.29, 0.717) is 24.1 Å². The Labute approximate surface area is 139 Å². The maximum Gasteiger partial charge on any atom is 0.235 e. The van der Waals surface area contributed by atoms with Crippen molar-refractivity contribution in [3.05, 3.63) is 60.2 Å². The van der Waals surface area contributed by atoms with Gasteiger partial charge in [-0.3, -0.25) is 4.79 Å². The minimum absolute atomic E-state index is 0.135. The number of aromatic nitrogens is 2. The molecule has 1 heterocycles. The first-order chi connectivity index (χ1) is 11.7. The zero-order valence-corrected chi connectivity index (χ0v) is 13.2. The number of carbonyl (C=O) groups excluding carboxylic acids is 1. The molecule has 1 aliphatic carbocycles. The molecule has 24 heavy (non-hydrogen) atoms. The number of carbonyl (C=O) groups is 1. The van der Waals surface area contributed by atoms with Crippen molar-refractivity contribution >= 4 is 22.6 Å². The molecule has 1 amide bonds. The molecule has 0 saturated heterocycles. The van der Waals surface area contributed by atoms with Crippen LogP contribution in [-0.2, 0) is 10.2 Å². The highest BCUT2D eigenvalue weighted by Gasteiger charge is 2.44. The summed E-state index contributed by atoms with van der Waals surface area (Å²) in [6.07, 6.45) is 4.83. The second-order valence-electron chi connectivity index (χ2n) is 6.36. The highest BCUT2D eigenvalue weighted by Crippen LogP contribution is 2.43. The number of fused-ring (bicyclic) bond motifs is 1. The van der Waals surface area contributed by atoms with E-state index >= 15 is 0 Å². The summed E-state index contributed by atoms with van der Waals surface area (Å²) in [5.74, 6) is -0.442. The van der Waals surface area contributed by atoms with E-state index in [1.165, 1.54) is 6.07 Å². The smallest absolute Gasteiger partial charge is 0.235 e. The number of aromatic amines is 1. The molecule has 1 saturated carbocycles. The molecule has 0 radical (unpaired) electrons. The van der Waals surface area contributed by atoms with Crippen LogP contribution in [0.2, 0.25) is 0 Å². The van der Waals surface area contributed by atoms with Crippen LogP contribution in [0.5, 0.6) is 0 Å². The lowest BCUT2D eigenvalue weighted by Crippen LogP contribution is -2.38. The van der Waals surface area contributed by atoms with E-state index in [4.69, 9.17) is 0 Å². The Morgan fingerprint density at radius 3 is 2.75 bits per heavy atom. The van der Waals surface area contributed by atoms with Crippen LogP contribution in [0.4, 0.5) is 10.1 Å². The van der Waals surface area contributed by atoms with Crippen molar-refractivity contribution in [1.29, 1.82) is 0 Å². The van der Waals surface area contributed by atoms with Crippen LogP contribution in [0, 0.1) is 5.82 Å². The zero-order chi connectivity index (χ0) is 16.6. The number of imidazole rings is 1. The Morgan fingerprint density at radius 1 is 1.17 bits per heavy atom. The minimum atomic E-state index is -0.783. The predicted molar refractivity (Wildman–Crippen MR) is 91.3 cm³/mol. The predicted octanol–water partition coefficient (Wildman–Crippen LogP) is 4.15. The summed E-state index contributed by atoms with van der Waals surface area (Å²) in [6.45, 7) is 0.